The summed E-state index contributed by atoms with van der Waals surface area (Å²) in [4.78, 5) is 11.2. The van der Waals surface area contributed by atoms with Crippen LogP contribution in [0.1, 0.15) is 34.6 Å². The van der Waals surface area contributed by atoms with Crippen molar-refractivity contribution in [3.8, 4) is 11.3 Å². The Bertz CT molecular complexity index is 360. The SMILES string of the molecule is CC(O)C(C)C(=O)OC(C)(C)C.c1oc2cc1-2. The van der Waals surface area contributed by atoms with Crippen molar-refractivity contribution < 1.29 is 19.1 Å². The van der Waals surface area contributed by atoms with Gasteiger partial charge in [-0.2, -0.15) is 0 Å². The van der Waals surface area contributed by atoms with Gasteiger partial charge in [0.15, 0.2) is 0 Å². The molecule has 0 spiro atoms. The number of furan rings is 1. The van der Waals surface area contributed by atoms with E-state index in [9.17, 15) is 4.79 Å². The lowest BCUT2D eigenvalue weighted by atomic mass is 10.1. The topological polar surface area (TPSA) is 59.7 Å². The Morgan fingerprint density at radius 1 is 1.41 bits per heavy atom. The van der Waals surface area contributed by atoms with E-state index in [0.29, 0.717) is 0 Å². The van der Waals surface area contributed by atoms with Crippen molar-refractivity contribution in [1.29, 1.82) is 0 Å². The van der Waals surface area contributed by atoms with Gasteiger partial charge in [-0.25, -0.2) is 0 Å². The Balaban J connectivity index is 0.000000229. The Hall–Kier alpha value is -1.29. The van der Waals surface area contributed by atoms with Crippen LogP contribution < -0.4 is 0 Å². The van der Waals surface area contributed by atoms with Gasteiger partial charge < -0.3 is 14.3 Å². The summed E-state index contributed by atoms with van der Waals surface area (Å²) in [5.74, 6) is 0.284. The van der Waals surface area contributed by atoms with Gasteiger partial charge in [0.1, 0.15) is 17.6 Å². The van der Waals surface area contributed by atoms with Gasteiger partial charge in [0, 0.05) is 0 Å². The highest BCUT2D eigenvalue weighted by Gasteiger charge is 2.24. The number of hydrogen-bond acceptors (Lipinski definition) is 4. The van der Waals surface area contributed by atoms with E-state index in [2.05, 4.69) is 0 Å². The molecule has 0 saturated heterocycles. The molecule has 0 radical (unpaired) electrons. The Labute approximate surface area is 102 Å². The predicted octanol–water partition coefficient (Wildman–Crippen LogP) is 2.61. The smallest absolute Gasteiger partial charge is 0.311 e. The highest BCUT2D eigenvalue weighted by atomic mass is 16.6. The standard InChI is InChI=1S/C9H18O3.C4H2O/c1-6(7(2)10)8(11)12-9(3,4)5;1-3-2-5-4(1)3/h6-7,10H,1-5H3;1-2H. The molecule has 1 aliphatic carbocycles. The fourth-order valence-electron chi connectivity index (χ4n) is 0.960. The normalized spacial score (nSPS) is 15.4. The van der Waals surface area contributed by atoms with Crippen molar-refractivity contribution in [3.05, 3.63) is 12.3 Å². The largest absolute Gasteiger partial charge is 0.463 e. The molecule has 2 atom stereocenters. The van der Waals surface area contributed by atoms with Crippen LogP contribution in [-0.2, 0) is 9.53 Å². The van der Waals surface area contributed by atoms with Crippen LogP contribution in [-0.4, -0.2) is 22.8 Å². The molecule has 1 N–H and O–H groups in total. The number of aliphatic hydroxyl groups is 1. The average Bonchev–Trinajstić information content (AvgIpc) is 2.69. The maximum atomic E-state index is 11.2. The van der Waals surface area contributed by atoms with E-state index in [1.54, 1.807) is 40.9 Å². The van der Waals surface area contributed by atoms with Gasteiger partial charge >= 0.3 is 5.97 Å². The highest BCUT2D eigenvalue weighted by molar-refractivity contribution is 5.74. The van der Waals surface area contributed by atoms with E-state index in [1.165, 1.54) is 5.56 Å². The summed E-state index contributed by atoms with van der Waals surface area (Å²) in [5.41, 5.74) is 0.824. The Kier molecular flexibility index (Phi) is 3.98. The van der Waals surface area contributed by atoms with Gasteiger partial charge in [0.05, 0.1) is 17.6 Å². The number of ether oxygens (including phenoxy) is 1. The van der Waals surface area contributed by atoms with Gasteiger partial charge in [-0.3, -0.25) is 4.79 Å². The number of carbonyl (C=O) groups is 1. The third-order valence-corrected chi connectivity index (χ3v) is 2.30. The zero-order valence-corrected chi connectivity index (χ0v) is 11.0. The fraction of sp³-hybridized carbons (Fsp3) is 0.615. The van der Waals surface area contributed by atoms with Crippen molar-refractivity contribution in [2.45, 2.75) is 46.3 Å². The van der Waals surface area contributed by atoms with E-state index in [0.717, 1.165) is 5.76 Å². The van der Waals surface area contributed by atoms with Crippen LogP contribution in [0.2, 0.25) is 0 Å². The minimum atomic E-state index is -0.653. The van der Waals surface area contributed by atoms with Gasteiger partial charge in [-0.05, 0) is 40.7 Å². The zero-order chi connectivity index (χ0) is 13.2. The van der Waals surface area contributed by atoms with E-state index in [-0.39, 0.29) is 5.97 Å². The summed E-state index contributed by atoms with van der Waals surface area (Å²) < 4.78 is 9.77. The Morgan fingerprint density at radius 3 is 2.12 bits per heavy atom. The van der Waals surface area contributed by atoms with E-state index in [1.807, 2.05) is 6.07 Å². The maximum Gasteiger partial charge on any atom is 0.311 e. The minimum Gasteiger partial charge on any atom is -0.463 e. The van der Waals surface area contributed by atoms with Crippen LogP contribution in [0.4, 0.5) is 0 Å². The molecule has 96 valence electrons. The van der Waals surface area contributed by atoms with Crippen LogP contribution in [0.15, 0.2) is 16.7 Å². The predicted molar refractivity (Wildman–Crippen MR) is 64.4 cm³/mol. The minimum absolute atomic E-state index is 0.350. The number of carbonyl (C=O) groups excluding carboxylic acids is 1. The summed E-state index contributed by atoms with van der Waals surface area (Å²) in [6.07, 6.45) is 1.09. The number of aliphatic hydroxyl groups excluding tert-OH is 1. The molecule has 0 aromatic carbocycles. The summed E-state index contributed by atoms with van der Waals surface area (Å²) in [6.45, 7) is 8.65. The second-order valence-corrected chi connectivity index (χ2v) is 5.26. The molecule has 0 fully saturated rings. The van der Waals surface area contributed by atoms with Crippen LogP contribution in [0.25, 0.3) is 11.3 Å². The van der Waals surface area contributed by atoms with Gasteiger partial charge in [-0.15, -0.1) is 0 Å². The molecule has 4 heteroatoms. The number of hydrogen-bond donors (Lipinski definition) is 1. The lowest BCUT2D eigenvalue weighted by Crippen LogP contribution is -2.32. The molecule has 17 heavy (non-hydrogen) atoms. The molecule has 0 bridgehead atoms. The van der Waals surface area contributed by atoms with Crippen LogP contribution >= 0.6 is 0 Å². The first-order valence-corrected chi connectivity index (χ1v) is 5.70. The van der Waals surface area contributed by atoms with Crippen molar-refractivity contribution in [2.24, 2.45) is 5.92 Å². The number of rotatable bonds is 2. The van der Waals surface area contributed by atoms with Crippen molar-refractivity contribution in [1.82, 2.24) is 0 Å². The lowest BCUT2D eigenvalue weighted by Gasteiger charge is -2.23. The molecule has 2 unspecified atom stereocenters. The molecule has 2 rings (SSSR count). The molecule has 4 nitrogen and oxygen atoms in total. The molecule has 0 saturated carbocycles. The van der Waals surface area contributed by atoms with E-state index >= 15 is 0 Å². The summed E-state index contributed by atoms with van der Waals surface area (Å²) in [6, 6.07) is 2.00. The van der Waals surface area contributed by atoms with E-state index < -0.39 is 17.6 Å². The van der Waals surface area contributed by atoms with Gasteiger partial charge in [-0.1, -0.05) is 0 Å². The summed E-state index contributed by atoms with van der Waals surface area (Å²) in [5, 5.41) is 9.09. The molecule has 0 aromatic heterocycles. The van der Waals surface area contributed by atoms with Crippen molar-refractivity contribution in [2.75, 3.05) is 0 Å². The summed E-state index contributed by atoms with van der Waals surface area (Å²) in [7, 11) is 0. The molecule has 0 amide bonds. The highest BCUT2D eigenvalue weighted by Crippen LogP contribution is 2.36. The monoisotopic (exact) mass is 240 g/mol. The maximum absolute atomic E-state index is 11.2. The van der Waals surface area contributed by atoms with Gasteiger partial charge in [0.2, 0.25) is 0 Å². The third kappa shape index (κ3) is 4.61. The second-order valence-electron chi connectivity index (χ2n) is 5.26. The molecular formula is C13H20O4. The number of esters is 1. The van der Waals surface area contributed by atoms with Crippen LogP contribution in [0.3, 0.4) is 0 Å². The van der Waals surface area contributed by atoms with Crippen LogP contribution in [0, 0.1) is 5.92 Å². The third-order valence-electron chi connectivity index (χ3n) is 2.30. The first kappa shape index (κ1) is 13.8. The second kappa shape index (κ2) is 4.92. The first-order valence-electron chi connectivity index (χ1n) is 5.70. The molecule has 1 aliphatic heterocycles. The quantitative estimate of drug-likeness (QED) is 0.820. The van der Waals surface area contributed by atoms with Crippen LogP contribution in [0.5, 0.6) is 0 Å². The number of fused-ring (bicyclic) bond motifs is 1. The summed E-state index contributed by atoms with van der Waals surface area (Å²) >= 11 is 0. The molecule has 0 aromatic rings. The lowest BCUT2D eigenvalue weighted by molar-refractivity contribution is -0.162. The fourth-order valence-corrected chi connectivity index (χ4v) is 0.960. The molecular weight excluding hydrogens is 220 g/mol. The van der Waals surface area contributed by atoms with Crippen molar-refractivity contribution >= 4 is 5.97 Å². The van der Waals surface area contributed by atoms with Crippen molar-refractivity contribution in [3.63, 3.8) is 0 Å². The first-order chi connectivity index (χ1) is 7.70. The zero-order valence-electron chi connectivity index (χ0n) is 11.0. The Morgan fingerprint density at radius 2 is 1.94 bits per heavy atom. The molecule has 2 aliphatic rings. The van der Waals surface area contributed by atoms with E-state index in [4.69, 9.17) is 14.3 Å². The molecule has 1 heterocycles. The van der Waals surface area contributed by atoms with Gasteiger partial charge in [0.25, 0.3) is 0 Å². The average molecular weight is 240 g/mol.